The minimum atomic E-state index is -1.19. The lowest BCUT2D eigenvalue weighted by Crippen LogP contribution is -2.57. The van der Waals surface area contributed by atoms with Crippen molar-refractivity contribution in [1.29, 1.82) is 0 Å². The molecule has 0 heterocycles. The fourth-order valence-electron chi connectivity index (χ4n) is 2.99. The van der Waals surface area contributed by atoms with Crippen molar-refractivity contribution in [2.45, 2.75) is 51.2 Å². The molecule has 0 bridgehead atoms. The van der Waals surface area contributed by atoms with Crippen molar-refractivity contribution in [3.05, 3.63) is 29.8 Å². The molecule has 0 fully saturated rings. The third kappa shape index (κ3) is 10.1. The maximum Gasteiger partial charge on any atom is 0.322 e. The molecule has 11 heteroatoms. The number of amides is 3. The van der Waals surface area contributed by atoms with Crippen molar-refractivity contribution in [3.8, 4) is 5.75 Å². The number of benzene rings is 1. The lowest BCUT2D eigenvalue weighted by Gasteiger charge is -2.27. The monoisotopic (exact) mass is 482 g/mol. The highest BCUT2D eigenvalue weighted by Crippen LogP contribution is 2.12. The van der Waals surface area contributed by atoms with E-state index >= 15 is 0 Å². The first-order chi connectivity index (χ1) is 15.6. The van der Waals surface area contributed by atoms with Crippen LogP contribution in [0.1, 0.15) is 32.3 Å². The molecule has 7 N–H and O–H groups in total. The predicted octanol–water partition coefficient (Wildman–Crippen LogP) is 0.232. The summed E-state index contributed by atoms with van der Waals surface area (Å²) in [7, 11) is 0. The number of rotatable bonds is 14. The van der Waals surface area contributed by atoms with Crippen molar-refractivity contribution < 1.29 is 29.4 Å². The van der Waals surface area contributed by atoms with E-state index in [-0.39, 0.29) is 18.1 Å². The molecule has 10 nitrogen and oxygen atoms in total. The predicted molar refractivity (Wildman–Crippen MR) is 127 cm³/mol. The van der Waals surface area contributed by atoms with E-state index in [4.69, 9.17) is 10.8 Å². The number of nitrogens with one attached hydrogen (secondary N) is 3. The van der Waals surface area contributed by atoms with Crippen LogP contribution >= 0.6 is 11.8 Å². The van der Waals surface area contributed by atoms with Gasteiger partial charge in [0, 0.05) is 0 Å². The highest BCUT2D eigenvalue weighted by Gasteiger charge is 2.30. The number of carboxylic acids is 1. The molecule has 184 valence electrons. The Bertz CT molecular complexity index is 805. The van der Waals surface area contributed by atoms with Gasteiger partial charge in [0.15, 0.2) is 0 Å². The first-order valence-electron chi connectivity index (χ1n) is 10.7. The van der Waals surface area contributed by atoms with Crippen molar-refractivity contribution in [2.75, 3.05) is 18.6 Å². The maximum atomic E-state index is 13.0. The molecule has 0 aliphatic rings. The first-order valence-corrected chi connectivity index (χ1v) is 12.1. The fraction of sp³-hybridized carbons (Fsp3) is 0.545. The van der Waals surface area contributed by atoms with Crippen LogP contribution in [-0.4, -0.2) is 70.6 Å². The van der Waals surface area contributed by atoms with E-state index in [1.165, 1.54) is 23.9 Å². The highest BCUT2D eigenvalue weighted by atomic mass is 32.2. The summed E-state index contributed by atoms with van der Waals surface area (Å²) in [5.74, 6) is -2.40. The lowest BCUT2D eigenvalue weighted by atomic mass is 9.97. The normalized spacial score (nSPS) is 14.4. The molecule has 1 aromatic carbocycles. The largest absolute Gasteiger partial charge is 0.508 e. The number of aromatic hydroxyl groups is 1. The molecule has 0 spiro atoms. The van der Waals surface area contributed by atoms with Crippen LogP contribution in [0.5, 0.6) is 5.75 Å². The van der Waals surface area contributed by atoms with Gasteiger partial charge in [-0.3, -0.25) is 19.2 Å². The number of hydrogen-bond donors (Lipinski definition) is 6. The van der Waals surface area contributed by atoms with Crippen LogP contribution in [0.2, 0.25) is 0 Å². The maximum absolute atomic E-state index is 13.0. The summed E-state index contributed by atoms with van der Waals surface area (Å²) in [5.41, 5.74) is 6.78. The third-order valence-corrected chi connectivity index (χ3v) is 5.82. The molecular weight excluding hydrogens is 448 g/mol. The zero-order valence-corrected chi connectivity index (χ0v) is 20.0. The summed E-state index contributed by atoms with van der Waals surface area (Å²) >= 11 is 1.50. The number of nitrogens with two attached hydrogens (primary N) is 1. The average molecular weight is 483 g/mol. The summed E-state index contributed by atoms with van der Waals surface area (Å²) in [6, 6.07) is 3.55. The van der Waals surface area contributed by atoms with Gasteiger partial charge in [-0.15, -0.1) is 0 Å². The molecule has 4 unspecified atom stereocenters. The van der Waals surface area contributed by atoms with Crippen LogP contribution in [0, 0.1) is 5.92 Å². The molecule has 0 saturated heterocycles. The van der Waals surface area contributed by atoms with Crippen LogP contribution in [0.3, 0.4) is 0 Å². The average Bonchev–Trinajstić information content (AvgIpc) is 2.79. The molecule has 4 atom stereocenters. The Labute approximate surface area is 198 Å². The Hall–Kier alpha value is -2.79. The number of hydrogen-bond acceptors (Lipinski definition) is 7. The molecule has 1 rings (SSSR count). The summed E-state index contributed by atoms with van der Waals surface area (Å²) in [6.07, 6.45) is 2.99. The van der Waals surface area contributed by atoms with Crippen molar-refractivity contribution in [1.82, 2.24) is 16.0 Å². The van der Waals surface area contributed by atoms with Gasteiger partial charge in [-0.25, -0.2) is 0 Å². The molecule has 0 aliphatic heterocycles. The lowest BCUT2D eigenvalue weighted by molar-refractivity contribution is -0.139. The van der Waals surface area contributed by atoms with Gasteiger partial charge in [-0.05, 0) is 48.5 Å². The zero-order chi connectivity index (χ0) is 25.0. The number of aliphatic carboxylic acids is 1. The van der Waals surface area contributed by atoms with Crippen molar-refractivity contribution in [2.24, 2.45) is 11.7 Å². The number of phenols is 1. The Balaban J connectivity index is 2.86. The molecule has 1 aromatic rings. The summed E-state index contributed by atoms with van der Waals surface area (Å²) in [6.45, 7) is 3.07. The van der Waals surface area contributed by atoms with E-state index in [2.05, 4.69) is 16.0 Å². The van der Waals surface area contributed by atoms with E-state index < -0.39 is 48.4 Å². The standard InChI is InChI=1S/C22H34N4O6S/c1-4-13(2)19(22(32)24-12-18(28)29)26-21(31)17(9-10-33-3)25-20(30)16(23)11-14-5-7-15(27)8-6-14/h5-8,13,16-17,19,27H,4,9-12,23H2,1-3H3,(H,24,32)(H,25,30)(H,26,31)(H,28,29). The van der Waals surface area contributed by atoms with Crippen LogP contribution in [-0.2, 0) is 25.6 Å². The topological polar surface area (TPSA) is 171 Å². The Morgan fingerprint density at radius 1 is 1.06 bits per heavy atom. The van der Waals surface area contributed by atoms with Gasteiger partial charge in [0.05, 0.1) is 6.04 Å². The molecule has 3 amide bonds. The van der Waals surface area contributed by atoms with E-state index in [1.54, 1.807) is 19.1 Å². The summed E-state index contributed by atoms with van der Waals surface area (Å²) in [4.78, 5) is 48.9. The molecule has 0 aliphatic carbocycles. The van der Waals surface area contributed by atoms with Gasteiger partial charge in [-0.2, -0.15) is 11.8 Å². The van der Waals surface area contributed by atoms with E-state index in [1.807, 2.05) is 13.2 Å². The summed E-state index contributed by atoms with van der Waals surface area (Å²) in [5, 5.41) is 25.8. The Morgan fingerprint density at radius 2 is 1.70 bits per heavy atom. The van der Waals surface area contributed by atoms with Crippen LogP contribution in [0.4, 0.5) is 0 Å². The number of carboxylic acid groups (broad SMARTS) is 1. The van der Waals surface area contributed by atoms with E-state index in [0.717, 1.165) is 5.56 Å². The quantitative estimate of drug-likeness (QED) is 0.219. The minimum Gasteiger partial charge on any atom is -0.508 e. The van der Waals surface area contributed by atoms with Crippen LogP contribution in [0.25, 0.3) is 0 Å². The fourth-order valence-corrected chi connectivity index (χ4v) is 3.46. The van der Waals surface area contributed by atoms with Crippen LogP contribution in [0.15, 0.2) is 24.3 Å². The molecule has 0 radical (unpaired) electrons. The molecular formula is C22H34N4O6S. The molecule has 0 aromatic heterocycles. The van der Waals surface area contributed by atoms with Gasteiger partial charge in [0.25, 0.3) is 0 Å². The Kier molecular flexibility index (Phi) is 12.3. The van der Waals surface area contributed by atoms with Gasteiger partial charge < -0.3 is 31.9 Å². The van der Waals surface area contributed by atoms with E-state index in [9.17, 15) is 24.3 Å². The first kappa shape index (κ1) is 28.2. The number of carbonyl (C=O) groups is 4. The van der Waals surface area contributed by atoms with Crippen molar-refractivity contribution >= 4 is 35.5 Å². The Morgan fingerprint density at radius 3 is 2.24 bits per heavy atom. The smallest absolute Gasteiger partial charge is 0.322 e. The molecule has 33 heavy (non-hydrogen) atoms. The van der Waals surface area contributed by atoms with E-state index in [0.29, 0.717) is 18.6 Å². The van der Waals surface area contributed by atoms with Gasteiger partial charge in [0.1, 0.15) is 24.4 Å². The second kappa shape index (κ2) is 14.4. The number of phenolic OH excluding ortho intramolecular Hbond substituents is 1. The van der Waals surface area contributed by atoms with Gasteiger partial charge in [-0.1, -0.05) is 32.4 Å². The van der Waals surface area contributed by atoms with Gasteiger partial charge in [0.2, 0.25) is 17.7 Å². The second-order valence-corrected chi connectivity index (χ2v) is 8.79. The third-order valence-electron chi connectivity index (χ3n) is 5.18. The minimum absolute atomic E-state index is 0.105. The number of carbonyl (C=O) groups excluding carboxylic acids is 3. The molecule has 0 saturated carbocycles. The zero-order valence-electron chi connectivity index (χ0n) is 19.2. The number of thioether (sulfide) groups is 1. The highest BCUT2D eigenvalue weighted by molar-refractivity contribution is 7.98. The SMILES string of the molecule is CCC(C)C(NC(=O)C(CCSC)NC(=O)C(N)Cc1ccc(O)cc1)C(=O)NCC(=O)O. The van der Waals surface area contributed by atoms with Crippen molar-refractivity contribution in [3.63, 3.8) is 0 Å². The second-order valence-electron chi connectivity index (χ2n) is 7.80. The summed E-state index contributed by atoms with van der Waals surface area (Å²) < 4.78 is 0. The van der Waals surface area contributed by atoms with Crippen LogP contribution < -0.4 is 21.7 Å². The van der Waals surface area contributed by atoms with Gasteiger partial charge >= 0.3 is 5.97 Å².